The van der Waals surface area contributed by atoms with Gasteiger partial charge in [-0.2, -0.15) is 5.10 Å². The summed E-state index contributed by atoms with van der Waals surface area (Å²) in [4.78, 5) is 0. The molecule has 0 aliphatic heterocycles. The summed E-state index contributed by atoms with van der Waals surface area (Å²) >= 11 is 1.68. The molecule has 20 heavy (non-hydrogen) atoms. The molecule has 0 amide bonds. The minimum Gasteiger partial charge on any atom is -0.388 e. The van der Waals surface area contributed by atoms with Crippen molar-refractivity contribution in [3.63, 3.8) is 0 Å². The van der Waals surface area contributed by atoms with Crippen LogP contribution in [0.15, 0.2) is 41.9 Å². The molecule has 0 saturated carbocycles. The average molecular weight is 286 g/mol. The maximum atomic E-state index is 10.5. The lowest BCUT2D eigenvalue weighted by atomic mass is 10.0. The second-order valence-corrected chi connectivity index (χ2v) is 6.20. The third kappa shape index (κ3) is 2.49. The summed E-state index contributed by atoms with van der Waals surface area (Å²) in [5.74, 6) is 0. The van der Waals surface area contributed by atoms with Gasteiger partial charge in [-0.15, -0.1) is 11.3 Å². The monoisotopic (exact) mass is 286 g/mol. The zero-order chi connectivity index (χ0) is 14.1. The summed E-state index contributed by atoms with van der Waals surface area (Å²) in [6.45, 7) is 4.19. The number of fused-ring (bicyclic) bond motifs is 1. The van der Waals surface area contributed by atoms with E-state index >= 15 is 0 Å². The lowest BCUT2D eigenvalue weighted by Crippen LogP contribution is -2.05. The molecule has 0 radical (unpaired) electrons. The van der Waals surface area contributed by atoms with Gasteiger partial charge in [-0.3, -0.25) is 4.68 Å². The van der Waals surface area contributed by atoms with Crippen molar-refractivity contribution in [3.05, 3.63) is 53.2 Å². The van der Waals surface area contributed by atoms with E-state index in [0.717, 1.165) is 16.6 Å². The highest BCUT2D eigenvalue weighted by Gasteiger charge is 2.15. The van der Waals surface area contributed by atoms with Gasteiger partial charge in [-0.05, 0) is 42.3 Å². The van der Waals surface area contributed by atoms with Crippen LogP contribution in [0.4, 0.5) is 0 Å². The molecule has 3 rings (SSSR count). The predicted octanol–water partition coefficient (Wildman–Crippen LogP) is 3.95. The van der Waals surface area contributed by atoms with Crippen LogP contribution in [0.5, 0.6) is 0 Å². The van der Waals surface area contributed by atoms with E-state index in [2.05, 4.69) is 36.5 Å². The number of rotatable bonds is 4. The molecule has 0 fully saturated rings. The van der Waals surface area contributed by atoms with Crippen LogP contribution in [0, 0.1) is 0 Å². The summed E-state index contributed by atoms with van der Waals surface area (Å²) in [5.41, 5.74) is 1.94. The van der Waals surface area contributed by atoms with Crippen molar-refractivity contribution in [2.45, 2.75) is 32.4 Å². The normalized spacial score (nSPS) is 13.2. The van der Waals surface area contributed by atoms with E-state index in [1.54, 1.807) is 11.3 Å². The Morgan fingerprint density at radius 3 is 2.80 bits per heavy atom. The van der Waals surface area contributed by atoms with Crippen LogP contribution in [0.2, 0.25) is 0 Å². The molecule has 0 aliphatic rings. The van der Waals surface area contributed by atoms with Crippen LogP contribution in [0.1, 0.15) is 37.3 Å². The molecule has 0 saturated heterocycles. The Morgan fingerprint density at radius 1 is 1.25 bits per heavy atom. The molecule has 0 bridgehead atoms. The van der Waals surface area contributed by atoms with Gasteiger partial charge in [0.15, 0.2) is 0 Å². The maximum Gasteiger partial charge on any atom is 0.0860 e. The summed E-state index contributed by atoms with van der Waals surface area (Å²) in [6, 6.07) is 10.5. The quantitative estimate of drug-likeness (QED) is 0.788. The summed E-state index contributed by atoms with van der Waals surface area (Å²) in [7, 11) is 0. The number of aliphatic hydroxyl groups excluding tert-OH is 1. The lowest BCUT2D eigenvalue weighted by molar-refractivity contribution is 0.179. The first-order chi connectivity index (χ1) is 9.65. The average Bonchev–Trinajstić information content (AvgIpc) is 3.04. The Kier molecular flexibility index (Phi) is 3.59. The van der Waals surface area contributed by atoms with Crippen LogP contribution in [-0.4, -0.2) is 14.9 Å². The van der Waals surface area contributed by atoms with Crippen molar-refractivity contribution in [1.29, 1.82) is 0 Å². The van der Waals surface area contributed by atoms with Gasteiger partial charge in [-0.25, -0.2) is 0 Å². The predicted molar refractivity (Wildman–Crippen MR) is 83.1 cm³/mol. The SMILES string of the molecule is CC(C)n1ccc(CC(O)c2csc3ccccc23)n1. The fraction of sp³-hybridized carbons (Fsp3) is 0.312. The van der Waals surface area contributed by atoms with Gasteiger partial charge in [0, 0.05) is 23.4 Å². The molecule has 3 aromatic rings. The molecular formula is C16H18N2OS. The van der Waals surface area contributed by atoms with E-state index in [1.807, 2.05) is 29.1 Å². The van der Waals surface area contributed by atoms with Crippen LogP contribution < -0.4 is 0 Å². The molecule has 4 heteroatoms. The van der Waals surface area contributed by atoms with E-state index in [9.17, 15) is 5.11 Å². The molecule has 1 aromatic carbocycles. The lowest BCUT2D eigenvalue weighted by Gasteiger charge is -2.08. The van der Waals surface area contributed by atoms with E-state index in [0.29, 0.717) is 12.5 Å². The third-order valence-corrected chi connectivity index (χ3v) is 4.45. The Balaban J connectivity index is 1.83. The molecular weight excluding hydrogens is 268 g/mol. The zero-order valence-electron chi connectivity index (χ0n) is 11.7. The van der Waals surface area contributed by atoms with Gasteiger partial charge in [0.1, 0.15) is 0 Å². The summed E-state index contributed by atoms with van der Waals surface area (Å²) in [6.07, 6.45) is 2.03. The van der Waals surface area contributed by atoms with Gasteiger partial charge in [0.2, 0.25) is 0 Å². The van der Waals surface area contributed by atoms with E-state index < -0.39 is 6.10 Å². The van der Waals surface area contributed by atoms with Crippen molar-refractivity contribution in [2.75, 3.05) is 0 Å². The Hall–Kier alpha value is -1.65. The molecule has 1 N–H and O–H groups in total. The Labute approximate surface area is 122 Å². The van der Waals surface area contributed by atoms with Crippen molar-refractivity contribution >= 4 is 21.4 Å². The molecule has 0 spiro atoms. The minimum atomic E-state index is -0.498. The van der Waals surface area contributed by atoms with E-state index in [-0.39, 0.29) is 0 Å². The smallest absolute Gasteiger partial charge is 0.0860 e. The molecule has 1 unspecified atom stereocenters. The second-order valence-electron chi connectivity index (χ2n) is 5.29. The molecule has 3 nitrogen and oxygen atoms in total. The zero-order valence-corrected chi connectivity index (χ0v) is 12.5. The van der Waals surface area contributed by atoms with Gasteiger partial charge in [0.25, 0.3) is 0 Å². The first kappa shape index (κ1) is 13.3. The number of aromatic nitrogens is 2. The summed E-state index contributed by atoms with van der Waals surface area (Å²) in [5, 5.41) is 18.2. The number of benzene rings is 1. The van der Waals surface area contributed by atoms with Gasteiger partial charge < -0.3 is 5.11 Å². The van der Waals surface area contributed by atoms with E-state index in [1.165, 1.54) is 4.70 Å². The van der Waals surface area contributed by atoms with Crippen molar-refractivity contribution < 1.29 is 5.11 Å². The van der Waals surface area contributed by atoms with Crippen molar-refractivity contribution in [3.8, 4) is 0 Å². The topological polar surface area (TPSA) is 38.0 Å². The number of hydrogen-bond donors (Lipinski definition) is 1. The third-order valence-electron chi connectivity index (χ3n) is 3.47. The van der Waals surface area contributed by atoms with Gasteiger partial charge in [-0.1, -0.05) is 18.2 Å². The minimum absolute atomic E-state index is 0.350. The van der Waals surface area contributed by atoms with Gasteiger partial charge in [0.05, 0.1) is 11.8 Å². The second kappa shape index (κ2) is 5.38. The standard InChI is InChI=1S/C16H18N2OS/c1-11(2)18-8-7-12(17-18)9-15(19)14-10-20-16-6-4-3-5-13(14)16/h3-8,10-11,15,19H,9H2,1-2H3. The highest BCUT2D eigenvalue weighted by atomic mass is 32.1. The van der Waals surface area contributed by atoms with Crippen LogP contribution >= 0.6 is 11.3 Å². The Bertz CT molecular complexity index is 714. The van der Waals surface area contributed by atoms with Crippen molar-refractivity contribution in [2.24, 2.45) is 0 Å². The van der Waals surface area contributed by atoms with Crippen molar-refractivity contribution in [1.82, 2.24) is 9.78 Å². The number of hydrogen-bond acceptors (Lipinski definition) is 3. The Morgan fingerprint density at radius 2 is 2.05 bits per heavy atom. The highest BCUT2D eigenvalue weighted by molar-refractivity contribution is 7.17. The number of aliphatic hydroxyl groups is 1. The molecule has 104 valence electrons. The maximum absolute atomic E-state index is 10.5. The first-order valence-corrected chi connectivity index (χ1v) is 7.71. The first-order valence-electron chi connectivity index (χ1n) is 6.83. The number of thiophene rings is 1. The van der Waals surface area contributed by atoms with E-state index in [4.69, 9.17) is 0 Å². The molecule has 2 aromatic heterocycles. The fourth-order valence-electron chi connectivity index (χ4n) is 2.34. The van der Waals surface area contributed by atoms with Crippen LogP contribution in [-0.2, 0) is 6.42 Å². The van der Waals surface area contributed by atoms with Crippen LogP contribution in [0.3, 0.4) is 0 Å². The van der Waals surface area contributed by atoms with Gasteiger partial charge >= 0.3 is 0 Å². The summed E-state index contributed by atoms with van der Waals surface area (Å²) < 4.78 is 3.14. The van der Waals surface area contributed by atoms with Crippen LogP contribution in [0.25, 0.3) is 10.1 Å². The molecule has 2 heterocycles. The largest absolute Gasteiger partial charge is 0.388 e. The molecule has 1 atom stereocenters. The number of nitrogens with zero attached hydrogens (tertiary/aromatic N) is 2. The highest BCUT2D eigenvalue weighted by Crippen LogP contribution is 2.31. The fourth-order valence-corrected chi connectivity index (χ4v) is 3.35. The molecule has 0 aliphatic carbocycles.